The lowest BCUT2D eigenvalue weighted by Gasteiger charge is -2.21. The number of rotatable bonds is 4. The number of halogens is 2. The molecule has 21 heavy (non-hydrogen) atoms. The molecule has 0 aromatic heterocycles. The summed E-state index contributed by atoms with van der Waals surface area (Å²) >= 11 is 5.85. The third-order valence-electron chi connectivity index (χ3n) is 3.41. The summed E-state index contributed by atoms with van der Waals surface area (Å²) in [5, 5.41) is 14.1. The van der Waals surface area contributed by atoms with E-state index in [1.54, 1.807) is 12.1 Å². The number of nitrogens with one attached hydrogen (secondary N) is 1. The first kappa shape index (κ1) is 18.5. The lowest BCUT2D eigenvalue weighted by atomic mass is 10.1. The lowest BCUT2D eigenvalue weighted by molar-refractivity contribution is 0.186. The Morgan fingerprint density at radius 2 is 1.95 bits per heavy atom. The normalized spacial score (nSPS) is 16.5. The predicted molar refractivity (Wildman–Crippen MR) is 98.6 cm³/mol. The van der Waals surface area contributed by atoms with E-state index < -0.39 is 6.10 Å². The highest BCUT2D eigenvalue weighted by Gasteiger charge is 2.16. The Labute approximate surface area is 148 Å². The number of guanidine groups is 1. The number of benzene rings is 1. The molecule has 1 atom stereocenters. The van der Waals surface area contributed by atoms with Crippen LogP contribution in [0.25, 0.3) is 0 Å². The van der Waals surface area contributed by atoms with Crippen LogP contribution in [0.4, 0.5) is 0 Å². The maximum atomic E-state index is 10.2. The number of aliphatic imine (C=N–C) groups is 1. The Morgan fingerprint density at radius 3 is 2.52 bits per heavy atom. The van der Waals surface area contributed by atoms with Crippen molar-refractivity contribution in [3.05, 3.63) is 34.9 Å². The van der Waals surface area contributed by atoms with Crippen molar-refractivity contribution in [3.8, 4) is 0 Å². The number of aliphatic hydroxyl groups excluding tert-OH is 1. The smallest absolute Gasteiger partial charge is 0.194 e. The first-order valence-electron chi connectivity index (χ1n) is 7.17. The SMILES string of the molecule is CCNC(=NCC(O)c1ccc(Cl)cc1)N1CCCC1.I. The van der Waals surface area contributed by atoms with Crippen LogP contribution in [0.3, 0.4) is 0 Å². The molecule has 1 aliphatic rings. The molecule has 6 heteroatoms. The van der Waals surface area contributed by atoms with Gasteiger partial charge in [0.15, 0.2) is 5.96 Å². The number of hydrogen-bond acceptors (Lipinski definition) is 2. The average molecular weight is 424 g/mol. The van der Waals surface area contributed by atoms with Crippen molar-refractivity contribution in [1.29, 1.82) is 0 Å². The molecule has 0 radical (unpaired) electrons. The molecule has 0 spiro atoms. The van der Waals surface area contributed by atoms with Crippen LogP contribution in [0.15, 0.2) is 29.3 Å². The highest BCUT2D eigenvalue weighted by Crippen LogP contribution is 2.17. The standard InChI is InChI=1S/C15H22ClN3O.HI/c1-2-17-15(19-9-3-4-10-19)18-11-14(20)12-5-7-13(16)8-6-12;/h5-8,14,20H,2-4,9-11H2,1H3,(H,17,18);1H. The minimum atomic E-state index is -0.594. The molecular weight excluding hydrogens is 401 g/mol. The Balaban J connectivity index is 0.00000220. The zero-order chi connectivity index (χ0) is 14.4. The van der Waals surface area contributed by atoms with E-state index in [1.165, 1.54) is 12.8 Å². The minimum Gasteiger partial charge on any atom is -0.386 e. The average Bonchev–Trinajstić information content (AvgIpc) is 2.98. The van der Waals surface area contributed by atoms with Gasteiger partial charge in [0, 0.05) is 24.7 Å². The Hall–Kier alpha value is -0.530. The van der Waals surface area contributed by atoms with Crippen molar-refractivity contribution in [2.24, 2.45) is 4.99 Å². The molecule has 1 aliphatic heterocycles. The zero-order valence-corrected chi connectivity index (χ0v) is 15.3. The van der Waals surface area contributed by atoms with E-state index in [0.29, 0.717) is 11.6 Å². The quantitative estimate of drug-likeness (QED) is 0.444. The van der Waals surface area contributed by atoms with Crippen molar-refractivity contribution in [2.75, 3.05) is 26.2 Å². The van der Waals surface area contributed by atoms with Crippen LogP contribution < -0.4 is 5.32 Å². The molecule has 1 aromatic rings. The van der Waals surface area contributed by atoms with E-state index in [2.05, 4.69) is 22.1 Å². The van der Waals surface area contributed by atoms with Crippen LogP contribution in [-0.2, 0) is 0 Å². The second kappa shape index (κ2) is 9.48. The van der Waals surface area contributed by atoms with Gasteiger partial charge in [-0.1, -0.05) is 23.7 Å². The molecule has 0 saturated carbocycles. The van der Waals surface area contributed by atoms with Crippen LogP contribution in [0.1, 0.15) is 31.4 Å². The lowest BCUT2D eigenvalue weighted by Crippen LogP contribution is -2.39. The van der Waals surface area contributed by atoms with Crippen molar-refractivity contribution in [1.82, 2.24) is 10.2 Å². The number of nitrogens with zero attached hydrogens (tertiary/aromatic N) is 2. The molecule has 1 aromatic carbocycles. The topological polar surface area (TPSA) is 47.9 Å². The van der Waals surface area contributed by atoms with Gasteiger partial charge in [0.1, 0.15) is 0 Å². The first-order chi connectivity index (χ1) is 9.70. The summed E-state index contributed by atoms with van der Waals surface area (Å²) in [6.07, 6.45) is 1.83. The summed E-state index contributed by atoms with van der Waals surface area (Å²) in [5.41, 5.74) is 0.843. The van der Waals surface area contributed by atoms with E-state index >= 15 is 0 Å². The van der Waals surface area contributed by atoms with Gasteiger partial charge in [-0.25, -0.2) is 0 Å². The number of hydrogen-bond donors (Lipinski definition) is 2. The van der Waals surface area contributed by atoms with Crippen LogP contribution in [0.5, 0.6) is 0 Å². The summed E-state index contributed by atoms with van der Waals surface area (Å²) in [7, 11) is 0. The van der Waals surface area contributed by atoms with Gasteiger partial charge < -0.3 is 15.3 Å². The highest BCUT2D eigenvalue weighted by molar-refractivity contribution is 14.0. The molecule has 1 unspecified atom stereocenters. The first-order valence-corrected chi connectivity index (χ1v) is 7.55. The van der Waals surface area contributed by atoms with Crippen molar-refractivity contribution >= 4 is 41.5 Å². The molecule has 2 N–H and O–H groups in total. The van der Waals surface area contributed by atoms with Crippen LogP contribution >= 0.6 is 35.6 Å². The van der Waals surface area contributed by atoms with Gasteiger partial charge in [-0.2, -0.15) is 0 Å². The number of aliphatic hydroxyl groups is 1. The summed E-state index contributed by atoms with van der Waals surface area (Å²) in [4.78, 5) is 6.79. The molecular formula is C15H23ClIN3O. The largest absolute Gasteiger partial charge is 0.386 e. The fourth-order valence-electron chi connectivity index (χ4n) is 2.32. The summed E-state index contributed by atoms with van der Waals surface area (Å²) in [6, 6.07) is 7.25. The molecule has 0 bridgehead atoms. The highest BCUT2D eigenvalue weighted by atomic mass is 127. The second-order valence-corrected chi connectivity index (χ2v) is 5.39. The van der Waals surface area contributed by atoms with Crippen molar-refractivity contribution < 1.29 is 5.11 Å². The van der Waals surface area contributed by atoms with Gasteiger partial charge in [0.25, 0.3) is 0 Å². The maximum Gasteiger partial charge on any atom is 0.194 e. The Kier molecular flexibility index (Phi) is 8.36. The third-order valence-corrected chi connectivity index (χ3v) is 3.66. The molecule has 4 nitrogen and oxygen atoms in total. The molecule has 118 valence electrons. The van der Waals surface area contributed by atoms with Gasteiger partial charge in [0.05, 0.1) is 12.6 Å². The Morgan fingerprint density at radius 1 is 1.33 bits per heavy atom. The summed E-state index contributed by atoms with van der Waals surface area (Å²) in [5.74, 6) is 0.901. The monoisotopic (exact) mass is 423 g/mol. The number of likely N-dealkylation sites (tertiary alicyclic amines) is 1. The maximum absolute atomic E-state index is 10.2. The minimum absolute atomic E-state index is 0. The van der Waals surface area contributed by atoms with Crippen LogP contribution in [-0.4, -0.2) is 42.1 Å². The predicted octanol–water partition coefficient (Wildman–Crippen LogP) is 3.05. The van der Waals surface area contributed by atoms with E-state index in [4.69, 9.17) is 11.6 Å². The van der Waals surface area contributed by atoms with E-state index in [9.17, 15) is 5.11 Å². The summed E-state index contributed by atoms with van der Waals surface area (Å²) < 4.78 is 0. The molecule has 1 saturated heterocycles. The van der Waals surface area contributed by atoms with Gasteiger partial charge in [-0.15, -0.1) is 24.0 Å². The van der Waals surface area contributed by atoms with E-state index in [0.717, 1.165) is 31.2 Å². The van der Waals surface area contributed by atoms with Gasteiger partial charge in [-0.3, -0.25) is 4.99 Å². The summed E-state index contributed by atoms with van der Waals surface area (Å²) in [6.45, 7) is 5.35. The van der Waals surface area contributed by atoms with E-state index in [1.807, 2.05) is 12.1 Å². The molecule has 0 aliphatic carbocycles. The fourth-order valence-corrected chi connectivity index (χ4v) is 2.44. The second-order valence-electron chi connectivity index (χ2n) is 4.96. The Bertz CT molecular complexity index is 447. The molecule has 1 heterocycles. The molecule has 2 rings (SSSR count). The van der Waals surface area contributed by atoms with Crippen LogP contribution in [0, 0.1) is 0 Å². The molecule has 1 fully saturated rings. The van der Waals surface area contributed by atoms with Crippen LogP contribution in [0.2, 0.25) is 5.02 Å². The zero-order valence-electron chi connectivity index (χ0n) is 12.3. The van der Waals surface area contributed by atoms with Gasteiger partial charge >= 0.3 is 0 Å². The molecule has 0 amide bonds. The van der Waals surface area contributed by atoms with Gasteiger partial charge in [0.2, 0.25) is 0 Å². The van der Waals surface area contributed by atoms with Crippen molar-refractivity contribution in [3.63, 3.8) is 0 Å². The van der Waals surface area contributed by atoms with Crippen molar-refractivity contribution in [2.45, 2.75) is 25.9 Å². The fraction of sp³-hybridized carbons (Fsp3) is 0.533. The van der Waals surface area contributed by atoms with Gasteiger partial charge in [-0.05, 0) is 37.5 Å². The third kappa shape index (κ3) is 5.64. The van der Waals surface area contributed by atoms with E-state index in [-0.39, 0.29) is 24.0 Å².